The molecular formula is C14H15NO4. The van der Waals surface area contributed by atoms with Gasteiger partial charge in [-0.3, -0.25) is 4.79 Å². The van der Waals surface area contributed by atoms with Crippen molar-refractivity contribution in [1.82, 2.24) is 4.98 Å². The SMILES string of the molecule is Cc1nc2cc(C3(C(C)C(=O)O)COC3)ccc2o1. The third-order valence-corrected chi connectivity index (χ3v) is 3.99. The predicted molar refractivity (Wildman–Crippen MR) is 68.0 cm³/mol. The van der Waals surface area contributed by atoms with Crippen molar-refractivity contribution in [2.24, 2.45) is 5.92 Å². The number of rotatable bonds is 3. The van der Waals surface area contributed by atoms with Crippen molar-refractivity contribution in [3.8, 4) is 0 Å². The maximum atomic E-state index is 11.3. The molecule has 1 aromatic carbocycles. The lowest BCUT2D eigenvalue weighted by Crippen LogP contribution is -2.53. The van der Waals surface area contributed by atoms with Crippen LogP contribution in [-0.4, -0.2) is 29.3 Å². The Hall–Kier alpha value is -1.88. The molecule has 1 N–H and O–H groups in total. The summed E-state index contributed by atoms with van der Waals surface area (Å²) in [6.07, 6.45) is 0. The molecule has 0 bridgehead atoms. The van der Waals surface area contributed by atoms with Crippen molar-refractivity contribution in [2.45, 2.75) is 19.3 Å². The van der Waals surface area contributed by atoms with Gasteiger partial charge in [-0.15, -0.1) is 0 Å². The van der Waals surface area contributed by atoms with Crippen LogP contribution in [0, 0.1) is 12.8 Å². The Bertz CT molecular complexity index is 642. The van der Waals surface area contributed by atoms with E-state index in [0.717, 1.165) is 16.7 Å². The van der Waals surface area contributed by atoms with Gasteiger partial charge in [0.05, 0.1) is 24.5 Å². The molecule has 1 fully saturated rings. The van der Waals surface area contributed by atoms with E-state index in [-0.39, 0.29) is 0 Å². The first-order chi connectivity index (χ1) is 9.03. The Morgan fingerprint density at radius 1 is 1.47 bits per heavy atom. The number of carboxylic acid groups (broad SMARTS) is 1. The van der Waals surface area contributed by atoms with Crippen molar-refractivity contribution >= 4 is 17.1 Å². The summed E-state index contributed by atoms with van der Waals surface area (Å²) in [5.74, 6) is -0.691. The summed E-state index contributed by atoms with van der Waals surface area (Å²) in [6, 6.07) is 5.67. The molecule has 1 aromatic heterocycles. The Kier molecular flexibility index (Phi) is 2.60. The molecule has 1 aliphatic rings. The van der Waals surface area contributed by atoms with E-state index in [1.807, 2.05) is 18.2 Å². The van der Waals surface area contributed by atoms with Crippen LogP contribution in [0.3, 0.4) is 0 Å². The summed E-state index contributed by atoms with van der Waals surface area (Å²) < 4.78 is 10.7. The second kappa shape index (κ2) is 4.06. The number of hydrogen-bond donors (Lipinski definition) is 1. The molecule has 19 heavy (non-hydrogen) atoms. The monoisotopic (exact) mass is 261 g/mol. The minimum atomic E-state index is -0.806. The van der Waals surface area contributed by atoms with Gasteiger partial charge in [-0.2, -0.15) is 0 Å². The van der Waals surface area contributed by atoms with E-state index in [0.29, 0.717) is 19.1 Å². The highest BCUT2D eigenvalue weighted by molar-refractivity contribution is 5.76. The first kappa shape index (κ1) is 12.2. The Morgan fingerprint density at radius 3 is 2.79 bits per heavy atom. The Balaban J connectivity index is 2.08. The molecule has 0 aliphatic carbocycles. The summed E-state index contributed by atoms with van der Waals surface area (Å²) in [6.45, 7) is 4.39. The molecule has 0 saturated carbocycles. The lowest BCUT2D eigenvalue weighted by Gasteiger charge is -2.44. The van der Waals surface area contributed by atoms with E-state index in [9.17, 15) is 9.90 Å². The first-order valence-corrected chi connectivity index (χ1v) is 6.21. The number of benzene rings is 1. The predicted octanol–water partition coefficient (Wildman–Crippen LogP) is 2.12. The van der Waals surface area contributed by atoms with Crippen LogP contribution < -0.4 is 0 Å². The third kappa shape index (κ3) is 1.73. The summed E-state index contributed by atoms with van der Waals surface area (Å²) in [5, 5.41) is 9.27. The summed E-state index contributed by atoms with van der Waals surface area (Å²) in [7, 11) is 0. The Morgan fingerprint density at radius 2 is 2.21 bits per heavy atom. The maximum absolute atomic E-state index is 11.3. The number of aryl methyl sites for hydroxylation is 1. The van der Waals surface area contributed by atoms with Gasteiger partial charge in [-0.25, -0.2) is 4.98 Å². The van der Waals surface area contributed by atoms with Crippen LogP contribution in [0.15, 0.2) is 22.6 Å². The fraction of sp³-hybridized carbons (Fsp3) is 0.429. The van der Waals surface area contributed by atoms with Crippen molar-refractivity contribution in [2.75, 3.05) is 13.2 Å². The van der Waals surface area contributed by atoms with Crippen LogP contribution in [0.25, 0.3) is 11.1 Å². The van der Waals surface area contributed by atoms with Gasteiger partial charge < -0.3 is 14.3 Å². The molecule has 5 nitrogen and oxygen atoms in total. The van der Waals surface area contributed by atoms with E-state index in [4.69, 9.17) is 9.15 Å². The number of aliphatic carboxylic acids is 1. The van der Waals surface area contributed by atoms with Crippen LogP contribution in [0.5, 0.6) is 0 Å². The van der Waals surface area contributed by atoms with Gasteiger partial charge in [0.1, 0.15) is 5.52 Å². The van der Waals surface area contributed by atoms with E-state index in [2.05, 4.69) is 4.98 Å². The minimum absolute atomic E-state index is 0.433. The van der Waals surface area contributed by atoms with Gasteiger partial charge in [-0.05, 0) is 17.7 Å². The largest absolute Gasteiger partial charge is 0.481 e. The van der Waals surface area contributed by atoms with E-state index in [1.165, 1.54) is 0 Å². The van der Waals surface area contributed by atoms with Crippen LogP contribution in [0.2, 0.25) is 0 Å². The lowest BCUT2D eigenvalue weighted by atomic mass is 9.69. The molecule has 2 aromatic rings. The zero-order chi connectivity index (χ0) is 13.6. The molecular weight excluding hydrogens is 246 g/mol. The molecule has 0 radical (unpaired) electrons. The topological polar surface area (TPSA) is 72.6 Å². The second-order valence-electron chi connectivity index (χ2n) is 5.12. The molecule has 100 valence electrons. The average molecular weight is 261 g/mol. The average Bonchev–Trinajstić information content (AvgIpc) is 2.66. The molecule has 1 aliphatic heterocycles. The number of carboxylic acids is 1. The van der Waals surface area contributed by atoms with Crippen molar-refractivity contribution < 1.29 is 19.1 Å². The zero-order valence-corrected chi connectivity index (χ0v) is 10.8. The van der Waals surface area contributed by atoms with Gasteiger partial charge in [0, 0.05) is 6.92 Å². The number of ether oxygens (including phenoxy) is 1. The molecule has 5 heteroatoms. The van der Waals surface area contributed by atoms with Gasteiger partial charge in [0.25, 0.3) is 0 Å². The minimum Gasteiger partial charge on any atom is -0.481 e. The molecule has 2 heterocycles. The van der Waals surface area contributed by atoms with Gasteiger partial charge in [0.2, 0.25) is 0 Å². The van der Waals surface area contributed by atoms with Gasteiger partial charge in [0.15, 0.2) is 11.5 Å². The molecule has 1 atom stereocenters. The fourth-order valence-electron chi connectivity index (χ4n) is 2.58. The highest BCUT2D eigenvalue weighted by Crippen LogP contribution is 2.40. The van der Waals surface area contributed by atoms with Gasteiger partial charge >= 0.3 is 5.97 Å². The lowest BCUT2D eigenvalue weighted by molar-refractivity contribution is -0.155. The maximum Gasteiger partial charge on any atom is 0.307 e. The molecule has 3 rings (SSSR count). The molecule has 0 spiro atoms. The third-order valence-electron chi connectivity index (χ3n) is 3.99. The van der Waals surface area contributed by atoms with Crippen LogP contribution in [-0.2, 0) is 14.9 Å². The molecule has 1 unspecified atom stereocenters. The molecule has 0 amide bonds. The number of fused-ring (bicyclic) bond motifs is 1. The standard InChI is InChI=1S/C14H15NO4/c1-8(13(16)17)14(6-18-7-14)10-3-4-12-11(5-10)15-9(2)19-12/h3-5,8H,6-7H2,1-2H3,(H,16,17). The summed E-state index contributed by atoms with van der Waals surface area (Å²) in [4.78, 5) is 15.6. The fourth-order valence-corrected chi connectivity index (χ4v) is 2.58. The number of carbonyl (C=O) groups is 1. The number of hydrogen-bond acceptors (Lipinski definition) is 4. The zero-order valence-electron chi connectivity index (χ0n) is 10.8. The highest BCUT2D eigenvalue weighted by atomic mass is 16.5. The van der Waals surface area contributed by atoms with E-state index >= 15 is 0 Å². The van der Waals surface area contributed by atoms with E-state index < -0.39 is 17.3 Å². The van der Waals surface area contributed by atoms with Crippen molar-refractivity contribution in [3.05, 3.63) is 29.7 Å². The van der Waals surface area contributed by atoms with E-state index in [1.54, 1.807) is 13.8 Å². The number of nitrogens with zero attached hydrogens (tertiary/aromatic N) is 1. The van der Waals surface area contributed by atoms with Crippen molar-refractivity contribution in [1.29, 1.82) is 0 Å². The highest BCUT2D eigenvalue weighted by Gasteiger charge is 2.48. The number of aromatic nitrogens is 1. The van der Waals surface area contributed by atoms with Gasteiger partial charge in [-0.1, -0.05) is 13.0 Å². The summed E-state index contributed by atoms with van der Waals surface area (Å²) >= 11 is 0. The van der Waals surface area contributed by atoms with Crippen LogP contribution in [0.1, 0.15) is 18.4 Å². The Labute approximate surface area is 110 Å². The first-order valence-electron chi connectivity index (χ1n) is 6.21. The van der Waals surface area contributed by atoms with Crippen LogP contribution in [0.4, 0.5) is 0 Å². The number of oxazole rings is 1. The normalized spacial score (nSPS) is 19.1. The van der Waals surface area contributed by atoms with Crippen molar-refractivity contribution in [3.63, 3.8) is 0 Å². The second-order valence-corrected chi connectivity index (χ2v) is 5.12. The smallest absolute Gasteiger partial charge is 0.307 e. The quantitative estimate of drug-likeness (QED) is 0.916. The van der Waals surface area contributed by atoms with Crippen LogP contribution >= 0.6 is 0 Å². The molecule has 1 saturated heterocycles. The summed E-state index contributed by atoms with van der Waals surface area (Å²) in [5.41, 5.74) is 1.99.